The van der Waals surface area contributed by atoms with Gasteiger partial charge in [0.1, 0.15) is 23.0 Å². The van der Waals surface area contributed by atoms with E-state index in [2.05, 4.69) is 17.4 Å². The third kappa shape index (κ3) is 6.29. The van der Waals surface area contributed by atoms with Crippen LogP contribution in [0.15, 0.2) is 60.7 Å². The number of rotatable bonds is 7. The first-order chi connectivity index (χ1) is 17.9. The molecule has 1 amide bonds. The number of amides is 1. The molecule has 3 aromatic rings. The molecular formula is C29H27ClNNaO6. The maximum atomic E-state index is 12.8. The summed E-state index contributed by atoms with van der Waals surface area (Å²) < 4.78 is 16.7. The monoisotopic (exact) mass is 543 g/mol. The van der Waals surface area contributed by atoms with Crippen molar-refractivity contribution in [2.75, 3.05) is 13.7 Å². The Balaban J connectivity index is 0.00000336. The van der Waals surface area contributed by atoms with Crippen LogP contribution in [0.25, 0.3) is 0 Å². The van der Waals surface area contributed by atoms with E-state index in [-0.39, 0.29) is 53.1 Å². The zero-order chi connectivity index (χ0) is 25.9. The predicted molar refractivity (Wildman–Crippen MR) is 137 cm³/mol. The molecule has 5 rings (SSSR count). The van der Waals surface area contributed by atoms with Gasteiger partial charge in [-0.25, -0.2) is 0 Å². The van der Waals surface area contributed by atoms with Gasteiger partial charge in [0.15, 0.2) is 0 Å². The summed E-state index contributed by atoms with van der Waals surface area (Å²) in [5.74, 6) is 0.459. The molecule has 0 spiro atoms. The van der Waals surface area contributed by atoms with Crippen LogP contribution in [0.2, 0.25) is 5.02 Å². The summed E-state index contributed by atoms with van der Waals surface area (Å²) in [6, 6.07) is 18.2. The van der Waals surface area contributed by atoms with Crippen LogP contribution >= 0.6 is 11.6 Å². The summed E-state index contributed by atoms with van der Waals surface area (Å²) in [5.41, 5.74) is 2.29. The third-order valence-corrected chi connectivity index (χ3v) is 7.38. The van der Waals surface area contributed by atoms with E-state index in [1.807, 2.05) is 12.1 Å². The molecule has 0 bridgehead atoms. The Morgan fingerprint density at radius 1 is 1.00 bits per heavy atom. The van der Waals surface area contributed by atoms with E-state index < -0.39 is 11.9 Å². The maximum absolute atomic E-state index is 12.8. The van der Waals surface area contributed by atoms with E-state index in [1.165, 1.54) is 5.56 Å². The van der Waals surface area contributed by atoms with E-state index in [9.17, 15) is 14.7 Å². The topological polar surface area (TPSA) is 96.9 Å². The predicted octanol–water partition coefficient (Wildman–Crippen LogP) is 1.83. The van der Waals surface area contributed by atoms with Crippen molar-refractivity contribution in [2.45, 2.75) is 43.6 Å². The number of halogens is 1. The third-order valence-electron chi connectivity index (χ3n) is 7.09. The first-order valence-electron chi connectivity index (χ1n) is 12.3. The SMILES string of the molecule is COc1ccc(C2CCC(NC(=O)c3ccc(Oc4cc5c(cc4Cl)C(C(=O)[O-])CCO5)cc3)C2)cc1.[Na+]. The fraction of sp³-hybridized carbons (Fsp3) is 0.310. The molecular weight excluding hydrogens is 517 g/mol. The number of methoxy groups -OCH3 is 1. The van der Waals surface area contributed by atoms with Gasteiger partial charge in [0, 0.05) is 35.1 Å². The number of carboxylic acid groups (broad SMARTS) is 1. The minimum atomic E-state index is -1.16. The quantitative estimate of drug-likeness (QED) is 0.457. The van der Waals surface area contributed by atoms with Gasteiger partial charge in [-0.05, 0) is 79.6 Å². The average Bonchev–Trinajstić information content (AvgIpc) is 3.37. The Bertz CT molecular complexity index is 1300. The average molecular weight is 544 g/mol. The van der Waals surface area contributed by atoms with Crippen LogP contribution in [0.1, 0.15) is 59.0 Å². The summed E-state index contributed by atoms with van der Waals surface area (Å²) in [7, 11) is 1.66. The van der Waals surface area contributed by atoms with Crippen molar-refractivity contribution in [3.8, 4) is 23.0 Å². The van der Waals surface area contributed by atoms with Crippen LogP contribution in [0, 0.1) is 0 Å². The van der Waals surface area contributed by atoms with Gasteiger partial charge in [0.2, 0.25) is 0 Å². The van der Waals surface area contributed by atoms with E-state index in [1.54, 1.807) is 43.5 Å². The van der Waals surface area contributed by atoms with Gasteiger partial charge in [-0.1, -0.05) is 23.7 Å². The first-order valence-corrected chi connectivity index (χ1v) is 12.7. The van der Waals surface area contributed by atoms with Crippen molar-refractivity contribution in [1.29, 1.82) is 0 Å². The maximum Gasteiger partial charge on any atom is 1.00 e. The molecule has 2 aliphatic rings. The number of nitrogens with one attached hydrogen (secondary N) is 1. The van der Waals surface area contributed by atoms with Gasteiger partial charge in [-0.2, -0.15) is 0 Å². The largest absolute Gasteiger partial charge is 1.00 e. The Hall–Kier alpha value is -2.71. The van der Waals surface area contributed by atoms with Crippen molar-refractivity contribution in [1.82, 2.24) is 5.32 Å². The zero-order valence-corrected chi connectivity index (χ0v) is 24.1. The Labute approximate surface area is 248 Å². The molecule has 1 N–H and O–H groups in total. The second-order valence-corrected chi connectivity index (χ2v) is 9.82. The van der Waals surface area contributed by atoms with Crippen LogP contribution in [-0.4, -0.2) is 31.6 Å². The molecule has 1 heterocycles. The molecule has 0 radical (unpaired) electrons. The molecule has 1 fully saturated rings. The van der Waals surface area contributed by atoms with Crippen molar-refractivity contribution >= 4 is 23.5 Å². The van der Waals surface area contributed by atoms with Crippen LogP contribution < -0.4 is 54.2 Å². The zero-order valence-electron chi connectivity index (χ0n) is 21.4. The molecule has 7 nitrogen and oxygen atoms in total. The summed E-state index contributed by atoms with van der Waals surface area (Å²) >= 11 is 6.36. The molecule has 3 unspecified atom stereocenters. The minimum Gasteiger partial charge on any atom is -0.549 e. The standard InChI is InChI=1S/C29H28ClNO6.Na/c1-35-21-8-3-17(4-9-21)19-2-7-20(14-19)31-28(32)18-5-10-22(11-6-18)37-27-16-26-24(15-25(27)30)23(29(33)34)12-13-36-26;/h3-6,8-11,15-16,19-20,23H,2,7,12-14H2,1H3,(H,31,32)(H,33,34);/q;+1/p-1. The molecule has 0 saturated heterocycles. The van der Waals surface area contributed by atoms with Crippen molar-refractivity contribution in [3.05, 3.63) is 82.4 Å². The number of carbonyl (C=O) groups is 2. The second-order valence-electron chi connectivity index (χ2n) is 9.41. The molecule has 9 heteroatoms. The Kier molecular flexibility index (Phi) is 9.26. The van der Waals surface area contributed by atoms with Crippen LogP contribution in [-0.2, 0) is 4.79 Å². The van der Waals surface area contributed by atoms with Gasteiger partial charge in [-0.3, -0.25) is 4.79 Å². The number of ether oxygens (including phenoxy) is 3. The van der Waals surface area contributed by atoms with E-state index in [0.29, 0.717) is 40.7 Å². The number of carbonyl (C=O) groups excluding carboxylic acids is 2. The molecule has 1 aliphatic heterocycles. The van der Waals surface area contributed by atoms with Crippen LogP contribution in [0.5, 0.6) is 23.0 Å². The molecule has 192 valence electrons. The van der Waals surface area contributed by atoms with Gasteiger partial charge in [-0.15, -0.1) is 0 Å². The molecule has 3 atom stereocenters. The normalized spacial score (nSPS) is 19.9. The Morgan fingerprint density at radius 3 is 2.39 bits per heavy atom. The molecule has 38 heavy (non-hydrogen) atoms. The fourth-order valence-electron chi connectivity index (χ4n) is 5.07. The summed E-state index contributed by atoms with van der Waals surface area (Å²) in [4.78, 5) is 24.3. The summed E-state index contributed by atoms with van der Waals surface area (Å²) in [5, 5.41) is 14.8. The molecule has 1 saturated carbocycles. The molecule has 0 aromatic heterocycles. The fourth-order valence-corrected chi connectivity index (χ4v) is 5.28. The molecule has 1 aliphatic carbocycles. The number of aliphatic carboxylic acids is 1. The van der Waals surface area contributed by atoms with E-state index in [4.69, 9.17) is 25.8 Å². The second kappa shape index (κ2) is 12.4. The van der Waals surface area contributed by atoms with Crippen LogP contribution in [0.4, 0.5) is 0 Å². The summed E-state index contributed by atoms with van der Waals surface area (Å²) in [6.45, 7) is 0.276. The van der Waals surface area contributed by atoms with Gasteiger partial charge in [0.25, 0.3) is 5.91 Å². The number of hydrogen-bond acceptors (Lipinski definition) is 6. The van der Waals surface area contributed by atoms with Gasteiger partial charge >= 0.3 is 29.6 Å². The minimum absolute atomic E-state index is 0. The van der Waals surface area contributed by atoms with Crippen LogP contribution in [0.3, 0.4) is 0 Å². The van der Waals surface area contributed by atoms with Crippen molar-refractivity contribution < 1.29 is 58.5 Å². The van der Waals surface area contributed by atoms with Crippen molar-refractivity contribution in [3.63, 3.8) is 0 Å². The van der Waals surface area contributed by atoms with Gasteiger partial charge in [0.05, 0.1) is 18.7 Å². The van der Waals surface area contributed by atoms with E-state index >= 15 is 0 Å². The van der Waals surface area contributed by atoms with Crippen molar-refractivity contribution in [2.24, 2.45) is 0 Å². The number of benzene rings is 3. The number of fused-ring (bicyclic) bond motifs is 1. The summed E-state index contributed by atoms with van der Waals surface area (Å²) in [6.07, 6.45) is 3.19. The number of hydrogen-bond donors (Lipinski definition) is 1. The van der Waals surface area contributed by atoms with E-state index in [0.717, 1.165) is 25.0 Å². The number of carboxylic acids is 1. The van der Waals surface area contributed by atoms with Gasteiger partial charge < -0.3 is 29.4 Å². The smallest absolute Gasteiger partial charge is 0.549 e. The molecule has 3 aromatic carbocycles. The first kappa shape index (κ1) is 28.3. The Morgan fingerprint density at radius 2 is 1.71 bits per heavy atom.